The summed E-state index contributed by atoms with van der Waals surface area (Å²) in [7, 11) is 0. The minimum absolute atomic E-state index is 0.113. The molecule has 0 saturated heterocycles. The van der Waals surface area contributed by atoms with Gasteiger partial charge >= 0.3 is 6.18 Å². The number of hydrogen-bond acceptors (Lipinski definition) is 5. The van der Waals surface area contributed by atoms with Crippen LogP contribution in [-0.2, 0) is 21.5 Å². The van der Waals surface area contributed by atoms with Crippen LogP contribution in [0.4, 0.5) is 18.9 Å². The van der Waals surface area contributed by atoms with Crippen molar-refractivity contribution in [1.82, 2.24) is 0 Å². The highest BCUT2D eigenvalue weighted by Crippen LogP contribution is 2.41. The average molecular weight is 435 g/mol. The molecule has 0 radical (unpaired) electrons. The van der Waals surface area contributed by atoms with Crippen molar-refractivity contribution in [3.05, 3.63) is 81.3 Å². The number of amides is 2. The first-order valence-electron chi connectivity index (χ1n) is 8.35. The summed E-state index contributed by atoms with van der Waals surface area (Å²) in [6.07, 6.45) is -3.08. The Balaban J connectivity index is 1.72. The third-order valence-corrected chi connectivity index (χ3v) is 6.16. The second-order valence-corrected chi connectivity index (χ2v) is 7.98. The molecular formula is C20H12F3NO3S2. The molecule has 3 heterocycles. The molecule has 29 heavy (non-hydrogen) atoms. The Kier molecular flexibility index (Phi) is 5.10. The van der Waals surface area contributed by atoms with Crippen LogP contribution in [0, 0.1) is 0 Å². The SMILES string of the molecule is O=C1C(SCc2ccco2)=C(c2cccs2)C(=O)N1c1cccc(C(F)(F)F)c1. The van der Waals surface area contributed by atoms with Crippen LogP contribution in [0.2, 0.25) is 0 Å². The van der Waals surface area contributed by atoms with E-state index in [1.54, 1.807) is 29.6 Å². The predicted octanol–water partition coefficient (Wildman–Crippen LogP) is 5.58. The Hall–Kier alpha value is -2.78. The van der Waals surface area contributed by atoms with E-state index >= 15 is 0 Å². The number of hydrogen-bond donors (Lipinski definition) is 0. The first-order chi connectivity index (χ1) is 13.9. The zero-order chi connectivity index (χ0) is 20.6. The first kappa shape index (κ1) is 19.5. The molecule has 0 spiro atoms. The van der Waals surface area contributed by atoms with Crippen molar-refractivity contribution < 1.29 is 27.2 Å². The summed E-state index contributed by atoms with van der Waals surface area (Å²) in [5.74, 6) is -0.356. The topological polar surface area (TPSA) is 50.5 Å². The molecule has 1 aromatic carbocycles. The summed E-state index contributed by atoms with van der Waals surface area (Å²) in [5.41, 5.74) is -0.846. The molecule has 0 atom stereocenters. The van der Waals surface area contributed by atoms with Gasteiger partial charge in [0.05, 0.1) is 33.7 Å². The molecule has 4 nitrogen and oxygen atoms in total. The third-order valence-electron chi connectivity index (χ3n) is 4.18. The second kappa shape index (κ2) is 7.57. The maximum Gasteiger partial charge on any atom is 0.416 e. The Morgan fingerprint density at radius 2 is 1.86 bits per heavy atom. The summed E-state index contributed by atoms with van der Waals surface area (Å²) in [4.78, 5) is 27.7. The molecule has 0 unspecified atom stereocenters. The predicted molar refractivity (Wildman–Crippen MR) is 105 cm³/mol. The van der Waals surface area contributed by atoms with Crippen LogP contribution in [0.1, 0.15) is 16.2 Å². The van der Waals surface area contributed by atoms with Gasteiger partial charge < -0.3 is 4.42 Å². The van der Waals surface area contributed by atoms with Gasteiger partial charge in [-0.2, -0.15) is 13.2 Å². The van der Waals surface area contributed by atoms with Gasteiger partial charge in [0.2, 0.25) is 0 Å². The summed E-state index contributed by atoms with van der Waals surface area (Å²) in [6.45, 7) is 0. The Bertz CT molecular complexity index is 1090. The number of alkyl halides is 3. The summed E-state index contributed by atoms with van der Waals surface area (Å²) in [5, 5.41) is 1.77. The molecule has 0 aliphatic carbocycles. The molecule has 1 aliphatic heterocycles. The van der Waals surface area contributed by atoms with Gasteiger partial charge in [-0.25, -0.2) is 4.90 Å². The van der Waals surface area contributed by atoms with Crippen LogP contribution < -0.4 is 4.90 Å². The number of rotatable bonds is 5. The fraction of sp³-hybridized carbons (Fsp3) is 0.100. The van der Waals surface area contributed by atoms with Crippen molar-refractivity contribution in [2.24, 2.45) is 0 Å². The fourth-order valence-corrected chi connectivity index (χ4v) is 4.72. The van der Waals surface area contributed by atoms with Crippen LogP contribution in [0.3, 0.4) is 0 Å². The zero-order valence-corrected chi connectivity index (χ0v) is 16.2. The van der Waals surface area contributed by atoms with Crippen molar-refractivity contribution in [1.29, 1.82) is 0 Å². The van der Waals surface area contributed by atoms with E-state index in [-0.39, 0.29) is 16.2 Å². The van der Waals surface area contributed by atoms with E-state index in [0.29, 0.717) is 16.4 Å². The lowest BCUT2D eigenvalue weighted by atomic mass is 10.1. The number of furan rings is 1. The maximum absolute atomic E-state index is 13.1. The molecule has 3 aromatic rings. The van der Waals surface area contributed by atoms with E-state index in [0.717, 1.165) is 28.8 Å². The first-order valence-corrected chi connectivity index (χ1v) is 10.2. The number of thiophene rings is 1. The molecule has 1 aliphatic rings. The minimum Gasteiger partial charge on any atom is -0.468 e. The quantitative estimate of drug-likeness (QED) is 0.491. The zero-order valence-electron chi connectivity index (χ0n) is 14.6. The van der Waals surface area contributed by atoms with Gasteiger partial charge in [-0.1, -0.05) is 12.1 Å². The smallest absolute Gasteiger partial charge is 0.416 e. The highest BCUT2D eigenvalue weighted by Gasteiger charge is 2.41. The number of thioether (sulfide) groups is 1. The largest absolute Gasteiger partial charge is 0.468 e. The number of carbonyl (C=O) groups is 2. The molecule has 148 valence electrons. The van der Waals surface area contributed by atoms with Crippen LogP contribution in [0.15, 0.2) is 69.5 Å². The molecule has 2 amide bonds. The summed E-state index contributed by atoms with van der Waals surface area (Å²) < 4.78 is 44.5. The fourth-order valence-electron chi connectivity index (χ4n) is 2.88. The third kappa shape index (κ3) is 3.75. The monoisotopic (exact) mass is 435 g/mol. The normalized spacial score (nSPS) is 14.9. The van der Waals surface area contributed by atoms with Gasteiger partial charge in [0.1, 0.15) is 5.76 Å². The van der Waals surface area contributed by atoms with Crippen LogP contribution in [0.5, 0.6) is 0 Å². The van der Waals surface area contributed by atoms with Gasteiger partial charge in [0, 0.05) is 4.88 Å². The van der Waals surface area contributed by atoms with Gasteiger partial charge in [0.15, 0.2) is 0 Å². The van der Waals surface area contributed by atoms with Crippen LogP contribution in [-0.4, -0.2) is 11.8 Å². The van der Waals surface area contributed by atoms with Gasteiger partial charge in [-0.15, -0.1) is 23.1 Å². The lowest BCUT2D eigenvalue weighted by Crippen LogP contribution is -2.31. The molecule has 0 saturated carbocycles. The Morgan fingerprint density at radius 3 is 2.52 bits per heavy atom. The van der Waals surface area contributed by atoms with E-state index < -0.39 is 23.6 Å². The number of imide groups is 1. The number of nitrogens with zero attached hydrogens (tertiary/aromatic N) is 1. The van der Waals surface area contributed by atoms with E-state index in [2.05, 4.69) is 0 Å². The van der Waals surface area contributed by atoms with Crippen molar-refractivity contribution in [2.75, 3.05) is 4.90 Å². The lowest BCUT2D eigenvalue weighted by molar-refractivity contribution is -0.137. The van der Waals surface area contributed by atoms with Gasteiger partial charge in [-0.05, 0) is 41.8 Å². The highest BCUT2D eigenvalue weighted by atomic mass is 32.2. The minimum atomic E-state index is -4.58. The van der Waals surface area contributed by atoms with E-state index in [4.69, 9.17) is 4.42 Å². The van der Waals surface area contributed by atoms with Crippen molar-refractivity contribution in [3.63, 3.8) is 0 Å². The van der Waals surface area contributed by atoms with Crippen molar-refractivity contribution in [2.45, 2.75) is 11.9 Å². The van der Waals surface area contributed by atoms with Crippen molar-refractivity contribution in [3.8, 4) is 0 Å². The highest BCUT2D eigenvalue weighted by molar-refractivity contribution is 8.03. The number of anilines is 1. The molecular weight excluding hydrogens is 423 g/mol. The van der Waals surface area contributed by atoms with Gasteiger partial charge in [-0.3, -0.25) is 9.59 Å². The maximum atomic E-state index is 13.1. The van der Waals surface area contributed by atoms with Crippen LogP contribution >= 0.6 is 23.1 Å². The molecule has 0 bridgehead atoms. The average Bonchev–Trinajstić information content (AvgIpc) is 3.41. The summed E-state index contributed by atoms with van der Waals surface area (Å²) >= 11 is 2.41. The van der Waals surface area contributed by atoms with E-state index in [1.165, 1.54) is 29.7 Å². The van der Waals surface area contributed by atoms with Crippen LogP contribution in [0.25, 0.3) is 5.57 Å². The number of carbonyl (C=O) groups excluding carboxylic acids is 2. The van der Waals surface area contributed by atoms with E-state index in [9.17, 15) is 22.8 Å². The number of benzene rings is 1. The summed E-state index contributed by atoms with van der Waals surface area (Å²) in [6, 6.07) is 11.1. The van der Waals surface area contributed by atoms with E-state index in [1.807, 2.05) is 0 Å². The Morgan fingerprint density at radius 1 is 1.03 bits per heavy atom. The molecule has 0 fully saturated rings. The molecule has 4 rings (SSSR count). The molecule has 9 heteroatoms. The van der Waals surface area contributed by atoms with Gasteiger partial charge in [0.25, 0.3) is 11.8 Å². The van der Waals surface area contributed by atoms with Crippen molar-refractivity contribution >= 4 is 46.2 Å². The Labute approximate surface area is 171 Å². The standard InChI is InChI=1S/C20H12F3NO3S2/c21-20(22,23)12-4-1-5-13(10-12)24-18(25)16(15-7-3-9-28-15)17(19(24)26)29-11-14-6-2-8-27-14/h1-10H,11H2. The second-order valence-electron chi connectivity index (χ2n) is 6.04. The molecule has 0 N–H and O–H groups in total. The number of halogens is 3. The lowest BCUT2D eigenvalue weighted by Gasteiger charge is -2.17. The molecule has 2 aromatic heterocycles.